The standard InChI is InChI=1S/C10H14N2OS/c13-14(8-9-1-4-12-7-9)10-2-5-11-6-3-10/h2-3,5-6,9,12H,1,4,7-8H2/t9-,14+/m1/s1. The van der Waals surface area contributed by atoms with Gasteiger partial charge in [-0.3, -0.25) is 9.19 Å². The van der Waals surface area contributed by atoms with E-state index in [1.807, 2.05) is 12.1 Å². The zero-order chi connectivity index (χ0) is 9.80. The largest absolute Gasteiger partial charge is 0.316 e. The minimum Gasteiger partial charge on any atom is -0.316 e. The molecule has 1 aromatic heterocycles. The molecule has 0 unspecified atom stereocenters. The quantitative estimate of drug-likeness (QED) is 0.802. The van der Waals surface area contributed by atoms with Crippen LogP contribution in [0, 0.1) is 5.92 Å². The van der Waals surface area contributed by atoms with Gasteiger partial charge >= 0.3 is 0 Å². The van der Waals surface area contributed by atoms with Crippen LogP contribution in [0.25, 0.3) is 0 Å². The monoisotopic (exact) mass is 210 g/mol. The second-order valence-electron chi connectivity index (χ2n) is 3.55. The van der Waals surface area contributed by atoms with Crippen molar-refractivity contribution in [3.63, 3.8) is 0 Å². The lowest BCUT2D eigenvalue weighted by Gasteiger charge is -2.07. The molecule has 0 aliphatic carbocycles. The van der Waals surface area contributed by atoms with Gasteiger partial charge in [0.15, 0.2) is 0 Å². The molecule has 2 rings (SSSR count). The summed E-state index contributed by atoms with van der Waals surface area (Å²) in [7, 11) is -0.853. The van der Waals surface area contributed by atoms with E-state index in [-0.39, 0.29) is 0 Å². The lowest BCUT2D eigenvalue weighted by atomic mass is 10.2. The molecule has 0 radical (unpaired) electrons. The van der Waals surface area contributed by atoms with Gasteiger partial charge in [-0.1, -0.05) is 0 Å². The molecule has 1 aliphatic heterocycles. The highest BCUT2D eigenvalue weighted by molar-refractivity contribution is 7.85. The molecule has 0 aromatic carbocycles. The average molecular weight is 210 g/mol. The average Bonchev–Trinajstić information content (AvgIpc) is 2.72. The number of pyridine rings is 1. The predicted octanol–water partition coefficient (Wildman–Crippen LogP) is 0.799. The summed E-state index contributed by atoms with van der Waals surface area (Å²) in [6.45, 7) is 2.08. The third kappa shape index (κ3) is 2.39. The Morgan fingerprint density at radius 3 is 2.93 bits per heavy atom. The maximum Gasteiger partial charge on any atom is 0.0533 e. The molecule has 0 saturated carbocycles. The maximum atomic E-state index is 11.9. The molecule has 1 saturated heterocycles. The number of nitrogens with one attached hydrogen (secondary N) is 1. The van der Waals surface area contributed by atoms with Crippen LogP contribution in [0.4, 0.5) is 0 Å². The number of aromatic nitrogens is 1. The van der Waals surface area contributed by atoms with E-state index in [0.29, 0.717) is 5.92 Å². The Morgan fingerprint density at radius 2 is 2.29 bits per heavy atom. The Balaban J connectivity index is 1.95. The highest BCUT2D eigenvalue weighted by Crippen LogP contribution is 2.13. The topological polar surface area (TPSA) is 42.0 Å². The van der Waals surface area contributed by atoms with Crippen molar-refractivity contribution in [3.8, 4) is 0 Å². The van der Waals surface area contributed by atoms with E-state index in [1.165, 1.54) is 0 Å². The van der Waals surface area contributed by atoms with Crippen molar-refractivity contribution >= 4 is 10.8 Å². The van der Waals surface area contributed by atoms with Crippen molar-refractivity contribution in [2.24, 2.45) is 5.92 Å². The van der Waals surface area contributed by atoms with Crippen LogP contribution in [-0.4, -0.2) is 28.0 Å². The van der Waals surface area contributed by atoms with Gasteiger partial charge in [0.2, 0.25) is 0 Å². The SMILES string of the molecule is O=[S@@](C[C@@H]1CCNC1)c1ccncc1. The van der Waals surface area contributed by atoms with Crippen LogP contribution in [0.15, 0.2) is 29.4 Å². The van der Waals surface area contributed by atoms with E-state index in [1.54, 1.807) is 12.4 Å². The van der Waals surface area contributed by atoms with Crippen LogP contribution in [0.3, 0.4) is 0 Å². The first-order valence-corrected chi connectivity index (χ1v) is 6.17. The summed E-state index contributed by atoms with van der Waals surface area (Å²) < 4.78 is 11.9. The third-order valence-corrected chi connectivity index (χ3v) is 4.03. The van der Waals surface area contributed by atoms with Crippen LogP contribution in [0.5, 0.6) is 0 Å². The fraction of sp³-hybridized carbons (Fsp3) is 0.500. The van der Waals surface area contributed by atoms with E-state index in [9.17, 15) is 4.21 Å². The molecule has 0 spiro atoms. The van der Waals surface area contributed by atoms with E-state index < -0.39 is 10.8 Å². The first-order chi connectivity index (χ1) is 6.86. The normalized spacial score (nSPS) is 23.6. The Hall–Kier alpha value is -0.740. The lowest BCUT2D eigenvalue weighted by Crippen LogP contribution is -2.15. The molecule has 2 atom stereocenters. The first-order valence-electron chi connectivity index (χ1n) is 4.85. The minimum absolute atomic E-state index is 0.573. The van der Waals surface area contributed by atoms with E-state index in [2.05, 4.69) is 10.3 Å². The Labute approximate surface area is 86.4 Å². The highest BCUT2D eigenvalue weighted by Gasteiger charge is 2.17. The zero-order valence-electron chi connectivity index (χ0n) is 7.98. The van der Waals surface area contributed by atoms with E-state index in [0.717, 1.165) is 30.2 Å². The maximum absolute atomic E-state index is 11.9. The molecule has 2 heterocycles. The fourth-order valence-corrected chi connectivity index (χ4v) is 2.99. The molecule has 0 amide bonds. The molecule has 1 N–H and O–H groups in total. The summed E-state index contributed by atoms with van der Waals surface area (Å²) in [5.74, 6) is 1.35. The molecular formula is C10H14N2OS. The van der Waals surface area contributed by atoms with Crippen LogP contribution in [0.2, 0.25) is 0 Å². The third-order valence-electron chi connectivity index (χ3n) is 2.46. The summed E-state index contributed by atoms with van der Waals surface area (Å²) in [5.41, 5.74) is 0. The first kappa shape index (κ1) is 9.80. The molecule has 1 aliphatic rings. The molecular weight excluding hydrogens is 196 g/mol. The van der Waals surface area contributed by atoms with Gasteiger partial charge in [-0.25, -0.2) is 0 Å². The van der Waals surface area contributed by atoms with Crippen molar-refractivity contribution in [2.45, 2.75) is 11.3 Å². The lowest BCUT2D eigenvalue weighted by molar-refractivity contribution is 0.633. The van der Waals surface area contributed by atoms with Gasteiger partial charge in [0.25, 0.3) is 0 Å². The Bertz CT molecular complexity index is 309. The van der Waals surface area contributed by atoms with E-state index >= 15 is 0 Å². The van der Waals surface area contributed by atoms with Crippen molar-refractivity contribution in [2.75, 3.05) is 18.8 Å². The highest BCUT2D eigenvalue weighted by atomic mass is 32.2. The summed E-state index contributed by atoms with van der Waals surface area (Å²) in [4.78, 5) is 4.81. The summed E-state index contributed by atoms with van der Waals surface area (Å²) in [6.07, 6.45) is 4.54. The number of hydrogen-bond donors (Lipinski definition) is 1. The molecule has 3 nitrogen and oxygen atoms in total. The van der Waals surface area contributed by atoms with Gasteiger partial charge in [0.1, 0.15) is 0 Å². The van der Waals surface area contributed by atoms with Gasteiger partial charge in [-0.15, -0.1) is 0 Å². The second-order valence-corrected chi connectivity index (χ2v) is 5.05. The summed E-state index contributed by atoms with van der Waals surface area (Å²) in [5, 5.41) is 3.28. The predicted molar refractivity (Wildman–Crippen MR) is 56.5 cm³/mol. The smallest absolute Gasteiger partial charge is 0.0533 e. The van der Waals surface area contributed by atoms with Gasteiger partial charge in [0, 0.05) is 23.0 Å². The van der Waals surface area contributed by atoms with Crippen molar-refractivity contribution < 1.29 is 4.21 Å². The van der Waals surface area contributed by atoms with Crippen molar-refractivity contribution in [1.82, 2.24) is 10.3 Å². The molecule has 4 heteroatoms. The minimum atomic E-state index is -0.853. The number of nitrogens with zero attached hydrogens (tertiary/aromatic N) is 1. The molecule has 76 valence electrons. The summed E-state index contributed by atoms with van der Waals surface area (Å²) in [6, 6.07) is 3.66. The van der Waals surface area contributed by atoms with Crippen molar-refractivity contribution in [3.05, 3.63) is 24.5 Å². The van der Waals surface area contributed by atoms with Crippen molar-refractivity contribution in [1.29, 1.82) is 0 Å². The molecule has 1 fully saturated rings. The molecule has 1 aromatic rings. The van der Waals surface area contributed by atoms with Gasteiger partial charge in [-0.2, -0.15) is 0 Å². The number of hydrogen-bond acceptors (Lipinski definition) is 3. The molecule has 0 bridgehead atoms. The summed E-state index contributed by atoms with van der Waals surface area (Å²) >= 11 is 0. The van der Waals surface area contributed by atoms with Gasteiger partial charge < -0.3 is 5.32 Å². The van der Waals surface area contributed by atoms with Gasteiger partial charge in [-0.05, 0) is 37.6 Å². The Kier molecular flexibility index (Phi) is 3.26. The zero-order valence-corrected chi connectivity index (χ0v) is 8.80. The number of rotatable bonds is 3. The van der Waals surface area contributed by atoms with Crippen LogP contribution < -0.4 is 5.32 Å². The van der Waals surface area contributed by atoms with Gasteiger partial charge in [0.05, 0.1) is 10.8 Å². The molecule has 14 heavy (non-hydrogen) atoms. The van der Waals surface area contributed by atoms with Crippen LogP contribution in [0.1, 0.15) is 6.42 Å². The second kappa shape index (κ2) is 4.66. The van der Waals surface area contributed by atoms with Crippen LogP contribution in [-0.2, 0) is 10.8 Å². The van der Waals surface area contributed by atoms with E-state index in [4.69, 9.17) is 0 Å². The fourth-order valence-electron chi connectivity index (χ4n) is 1.66. The van der Waals surface area contributed by atoms with Crippen LogP contribution >= 0.6 is 0 Å². The Morgan fingerprint density at radius 1 is 1.50 bits per heavy atom.